The topological polar surface area (TPSA) is 32.3 Å². The summed E-state index contributed by atoms with van der Waals surface area (Å²) in [5.41, 5.74) is 0. The molecular weight excluding hydrogens is 220 g/mol. The summed E-state index contributed by atoms with van der Waals surface area (Å²) in [6.07, 6.45) is 2.22. The lowest BCUT2D eigenvalue weighted by atomic mass is 10.4. The summed E-state index contributed by atoms with van der Waals surface area (Å²) in [6.45, 7) is 1.73. The van der Waals surface area contributed by atoms with Gasteiger partial charge in [0, 0.05) is 13.1 Å². The minimum atomic E-state index is -0.0129. The van der Waals surface area contributed by atoms with Crippen molar-refractivity contribution in [2.45, 2.75) is 12.8 Å². The molecule has 1 aliphatic rings. The number of urea groups is 1. The van der Waals surface area contributed by atoms with Crippen molar-refractivity contribution in [3.05, 3.63) is 16.5 Å². The Morgan fingerprint density at radius 3 is 2.71 bits per heavy atom. The average Bonchev–Trinajstić information content (AvgIpc) is 2.75. The van der Waals surface area contributed by atoms with Crippen molar-refractivity contribution in [2.75, 3.05) is 18.4 Å². The van der Waals surface area contributed by atoms with Crippen LogP contribution in [-0.2, 0) is 0 Å². The standard InChI is InChI=1S/C9H11ClN2OS/c10-7-3-4-8(14-7)11-9(13)12-5-1-2-6-12/h3-4H,1-2,5-6H2,(H,11,13). The van der Waals surface area contributed by atoms with E-state index >= 15 is 0 Å². The molecule has 0 unspecified atom stereocenters. The van der Waals surface area contributed by atoms with Gasteiger partial charge in [-0.25, -0.2) is 4.79 Å². The number of anilines is 1. The molecule has 0 bridgehead atoms. The lowest BCUT2D eigenvalue weighted by molar-refractivity contribution is 0.222. The van der Waals surface area contributed by atoms with E-state index in [4.69, 9.17) is 11.6 Å². The number of amides is 2. The van der Waals surface area contributed by atoms with Gasteiger partial charge in [-0.1, -0.05) is 11.6 Å². The van der Waals surface area contributed by atoms with Gasteiger partial charge in [-0.2, -0.15) is 0 Å². The molecule has 2 amide bonds. The van der Waals surface area contributed by atoms with Crippen molar-refractivity contribution >= 4 is 34.0 Å². The molecule has 0 atom stereocenters. The molecule has 0 aromatic carbocycles. The lowest BCUT2D eigenvalue weighted by Crippen LogP contribution is -2.31. The van der Waals surface area contributed by atoms with Crippen LogP contribution in [0, 0.1) is 0 Å². The molecule has 1 aromatic heterocycles. The highest BCUT2D eigenvalue weighted by atomic mass is 35.5. The monoisotopic (exact) mass is 230 g/mol. The third-order valence-electron chi connectivity index (χ3n) is 2.20. The number of thiophene rings is 1. The zero-order valence-corrected chi connectivity index (χ0v) is 9.20. The number of nitrogens with one attached hydrogen (secondary N) is 1. The second kappa shape index (κ2) is 4.19. The van der Waals surface area contributed by atoms with Crippen LogP contribution in [-0.4, -0.2) is 24.0 Å². The quantitative estimate of drug-likeness (QED) is 0.790. The van der Waals surface area contributed by atoms with Gasteiger partial charge >= 0.3 is 6.03 Å². The van der Waals surface area contributed by atoms with E-state index in [1.165, 1.54) is 11.3 Å². The van der Waals surface area contributed by atoms with Gasteiger partial charge in [-0.15, -0.1) is 11.3 Å². The molecule has 2 rings (SSSR count). The predicted molar refractivity (Wildman–Crippen MR) is 59.2 cm³/mol. The third-order valence-corrected chi connectivity index (χ3v) is 3.34. The van der Waals surface area contributed by atoms with Crippen molar-refractivity contribution in [2.24, 2.45) is 0 Å². The Kier molecular flexibility index (Phi) is 2.93. The minimum absolute atomic E-state index is 0.0129. The van der Waals surface area contributed by atoms with E-state index in [1.807, 2.05) is 11.0 Å². The Morgan fingerprint density at radius 2 is 2.14 bits per heavy atom. The average molecular weight is 231 g/mol. The Labute approximate surface area is 91.7 Å². The van der Waals surface area contributed by atoms with E-state index < -0.39 is 0 Å². The maximum atomic E-state index is 11.6. The molecule has 76 valence electrons. The molecule has 2 heterocycles. The molecule has 1 saturated heterocycles. The van der Waals surface area contributed by atoms with Crippen LogP contribution >= 0.6 is 22.9 Å². The Balaban J connectivity index is 1.93. The molecule has 0 saturated carbocycles. The number of nitrogens with zero attached hydrogens (tertiary/aromatic N) is 1. The highest BCUT2D eigenvalue weighted by Crippen LogP contribution is 2.26. The Bertz CT molecular complexity index is 333. The number of rotatable bonds is 1. The normalized spacial score (nSPS) is 15.9. The summed E-state index contributed by atoms with van der Waals surface area (Å²) in [5.74, 6) is 0. The molecule has 1 aromatic rings. The van der Waals surface area contributed by atoms with E-state index in [9.17, 15) is 4.79 Å². The van der Waals surface area contributed by atoms with E-state index in [0.717, 1.165) is 30.9 Å². The molecule has 0 radical (unpaired) electrons. The smallest absolute Gasteiger partial charge is 0.322 e. The van der Waals surface area contributed by atoms with Crippen LogP contribution in [0.15, 0.2) is 12.1 Å². The number of carbonyl (C=O) groups is 1. The highest BCUT2D eigenvalue weighted by Gasteiger charge is 2.17. The van der Waals surface area contributed by atoms with Gasteiger partial charge < -0.3 is 4.90 Å². The van der Waals surface area contributed by atoms with Crippen LogP contribution in [0.4, 0.5) is 9.80 Å². The minimum Gasteiger partial charge on any atom is -0.325 e. The van der Waals surface area contributed by atoms with Crippen LogP contribution in [0.25, 0.3) is 0 Å². The first-order valence-corrected chi connectivity index (χ1v) is 5.76. The van der Waals surface area contributed by atoms with Gasteiger partial charge in [0.15, 0.2) is 0 Å². The summed E-state index contributed by atoms with van der Waals surface area (Å²) in [7, 11) is 0. The van der Waals surface area contributed by atoms with Gasteiger partial charge in [-0.05, 0) is 25.0 Å². The highest BCUT2D eigenvalue weighted by molar-refractivity contribution is 7.20. The summed E-state index contributed by atoms with van der Waals surface area (Å²) in [4.78, 5) is 13.4. The maximum Gasteiger partial charge on any atom is 0.322 e. The first-order chi connectivity index (χ1) is 6.75. The van der Waals surface area contributed by atoms with E-state index in [0.29, 0.717) is 4.34 Å². The second-order valence-electron chi connectivity index (χ2n) is 3.23. The maximum absolute atomic E-state index is 11.6. The van der Waals surface area contributed by atoms with E-state index in [1.54, 1.807) is 6.07 Å². The molecule has 0 aliphatic carbocycles. The fourth-order valence-electron chi connectivity index (χ4n) is 1.49. The molecule has 3 nitrogen and oxygen atoms in total. The van der Waals surface area contributed by atoms with E-state index in [2.05, 4.69) is 5.32 Å². The van der Waals surface area contributed by atoms with Crippen LogP contribution in [0.5, 0.6) is 0 Å². The largest absolute Gasteiger partial charge is 0.325 e. The summed E-state index contributed by atoms with van der Waals surface area (Å²) in [6, 6.07) is 3.59. The number of likely N-dealkylation sites (tertiary alicyclic amines) is 1. The predicted octanol–water partition coefficient (Wildman–Crippen LogP) is 3.03. The van der Waals surface area contributed by atoms with Crippen molar-refractivity contribution < 1.29 is 4.79 Å². The van der Waals surface area contributed by atoms with Crippen molar-refractivity contribution in [3.63, 3.8) is 0 Å². The number of hydrogen-bond donors (Lipinski definition) is 1. The number of carbonyl (C=O) groups excluding carboxylic acids is 1. The molecule has 1 aliphatic heterocycles. The Morgan fingerprint density at radius 1 is 1.43 bits per heavy atom. The third kappa shape index (κ3) is 2.19. The Hall–Kier alpha value is -0.740. The lowest BCUT2D eigenvalue weighted by Gasteiger charge is -2.14. The van der Waals surface area contributed by atoms with Crippen molar-refractivity contribution in [1.29, 1.82) is 0 Å². The van der Waals surface area contributed by atoms with Gasteiger partial charge in [0.25, 0.3) is 0 Å². The van der Waals surface area contributed by atoms with Gasteiger partial charge in [-0.3, -0.25) is 5.32 Å². The molecule has 1 N–H and O–H groups in total. The molecule has 1 fully saturated rings. The second-order valence-corrected chi connectivity index (χ2v) is 4.94. The summed E-state index contributed by atoms with van der Waals surface area (Å²) >= 11 is 7.14. The number of halogens is 1. The molecule has 0 spiro atoms. The van der Waals surface area contributed by atoms with Gasteiger partial charge in [0.05, 0.1) is 9.34 Å². The van der Waals surface area contributed by atoms with Crippen molar-refractivity contribution in [1.82, 2.24) is 4.90 Å². The summed E-state index contributed by atoms with van der Waals surface area (Å²) < 4.78 is 0.696. The number of hydrogen-bond acceptors (Lipinski definition) is 2. The van der Waals surface area contributed by atoms with Crippen LogP contribution in [0.2, 0.25) is 4.34 Å². The van der Waals surface area contributed by atoms with Crippen LogP contribution < -0.4 is 5.32 Å². The first kappa shape index (κ1) is 9.80. The van der Waals surface area contributed by atoms with Crippen LogP contribution in [0.3, 0.4) is 0 Å². The van der Waals surface area contributed by atoms with Gasteiger partial charge in [0.1, 0.15) is 0 Å². The zero-order chi connectivity index (χ0) is 9.97. The van der Waals surface area contributed by atoms with E-state index in [-0.39, 0.29) is 6.03 Å². The first-order valence-electron chi connectivity index (χ1n) is 4.57. The van der Waals surface area contributed by atoms with Crippen LogP contribution in [0.1, 0.15) is 12.8 Å². The summed E-state index contributed by atoms with van der Waals surface area (Å²) in [5, 5.41) is 3.64. The molecule has 5 heteroatoms. The molecular formula is C9H11ClN2OS. The fourth-order valence-corrected chi connectivity index (χ4v) is 2.42. The zero-order valence-electron chi connectivity index (χ0n) is 7.62. The molecule has 14 heavy (non-hydrogen) atoms. The van der Waals surface area contributed by atoms with Crippen molar-refractivity contribution in [3.8, 4) is 0 Å². The van der Waals surface area contributed by atoms with Gasteiger partial charge in [0.2, 0.25) is 0 Å². The fraction of sp³-hybridized carbons (Fsp3) is 0.444. The SMILES string of the molecule is O=C(Nc1ccc(Cl)s1)N1CCCC1.